The van der Waals surface area contributed by atoms with Gasteiger partial charge < -0.3 is 4.74 Å². The van der Waals surface area contributed by atoms with Crippen LogP contribution in [0, 0.1) is 0 Å². The van der Waals surface area contributed by atoms with Crippen LogP contribution in [0.2, 0.25) is 5.02 Å². The number of hydrogen-bond donors (Lipinski definition) is 1. The molecule has 108 valence electrons. The van der Waals surface area contributed by atoms with Crippen LogP contribution in [0.3, 0.4) is 0 Å². The molecule has 21 heavy (non-hydrogen) atoms. The van der Waals surface area contributed by atoms with Gasteiger partial charge in [0.1, 0.15) is 0 Å². The van der Waals surface area contributed by atoms with E-state index in [0.29, 0.717) is 21.8 Å². The van der Waals surface area contributed by atoms with Gasteiger partial charge in [-0.3, -0.25) is 5.32 Å². The maximum atomic E-state index is 11.3. The van der Waals surface area contributed by atoms with Gasteiger partial charge in [0.05, 0.1) is 16.5 Å². The summed E-state index contributed by atoms with van der Waals surface area (Å²) in [5.41, 5.74) is 0. The van der Waals surface area contributed by atoms with Crippen molar-refractivity contribution in [2.24, 2.45) is 0 Å². The molecule has 0 bridgehead atoms. The Bertz CT molecular complexity index is 800. The molecule has 0 aliphatic rings. The van der Waals surface area contributed by atoms with Crippen molar-refractivity contribution in [1.82, 2.24) is 10.2 Å². The molecule has 0 saturated carbocycles. The second-order valence-corrected chi connectivity index (χ2v) is 6.41. The smallest absolute Gasteiger partial charge is 0.413 e. The topological polar surface area (TPSA) is 64.1 Å². The first-order valence-corrected chi connectivity index (χ1v) is 8.15. The van der Waals surface area contributed by atoms with Gasteiger partial charge in [-0.2, -0.15) is 0 Å². The lowest BCUT2D eigenvalue weighted by Gasteiger charge is -1.99. The van der Waals surface area contributed by atoms with Gasteiger partial charge >= 0.3 is 6.09 Å². The molecular weight excluding hydrogens is 330 g/mol. The largest absolute Gasteiger partial charge is 0.450 e. The SMILES string of the molecule is CCOC(=O)Nc1nnc(-c2sc3ccccc3c2Cl)s1. The van der Waals surface area contributed by atoms with E-state index in [9.17, 15) is 4.79 Å². The number of amides is 1. The molecule has 0 aliphatic heterocycles. The predicted molar refractivity (Wildman–Crippen MR) is 86.4 cm³/mol. The highest BCUT2D eigenvalue weighted by Gasteiger charge is 2.16. The van der Waals surface area contributed by atoms with E-state index in [1.165, 1.54) is 11.3 Å². The van der Waals surface area contributed by atoms with Crippen LogP contribution < -0.4 is 5.32 Å². The standard InChI is InChI=1S/C13H10ClN3O2S2/c1-2-19-13(18)15-12-17-16-11(21-12)10-9(14)7-5-3-4-6-8(7)20-10/h3-6H,2H2,1H3,(H,15,17,18). The van der Waals surface area contributed by atoms with Crippen LogP contribution in [0.15, 0.2) is 24.3 Å². The fraction of sp³-hybridized carbons (Fsp3) is 0.154. The number of fused-ring (bicyclic) bond motifs is 1. The van der Waals surface area contributed by atoms with Crippen molar-refractivity contribution in [3.63, 3.8) is 0 Å². The number of rotatable bonds is 3. The highest BCUT2D eigenvalue weighted by molar-refractivity contribution is 7.27. The molecule has 1 N–H and O–H groups in total. The molecule has 1 aromatic carbocycles. The summed E-state index contributed by atoms with van der Waals surface area (Å²) < 4.78 is 5.89. The second-order valence-electron chi connectivity index (χ2n) is 4.00. The summed E-state index contributed by atoms with van der Waals surface area (Å²) in [6.07, 6.45) is -0.539. The number of carbonyl (C=O) groups excluding carboxylic acids is 1. The molecule has 0 unspecified atom stereocenters. The van der Waals surface area contributed by atoms with E-state index >= 15 is 0 Å². The van der Waals surface area contributed by atoms with Gasteiger partial charge in [0, 0.05) is 10.1 Å². The van der Waals surface area contributed by atoms with Gasteiger partial charge in [-0.25, -0.2) is 4.79 Å². The molecule has 0 aliphatic carbocycles. The van der Waals surface area contributed by atoms with E-state index < -0.39 is 6.09 Å². The zero-order valence-corrected chi connectivity index (χ0v) is 13.3. The first-order chi connectivity index (χ1) is 10.2. The zero-order chi connectivity index (χ0) is 14.8. The Morgan fingerprint density at radius 2 is 2.14 bits per heavy atom. The molecule has 3 aromatic rings. The number of halogens is 1. The van der Waals surface area contributed by atoms with Crippen molar-refractivity contribution >= 4 is 55.6 Å². The number of carbonyl (C=O) groups is 1. The van der Waals surface area contributed by atoms with Gasteiger partial charge in [-0.05, 0) is 13.0 Å². The number of aromatic nitrogens is 2. The lowest BCUT2D eigenvalue weighted by Crippen LogP contribution is -2.12. The average molecular weight is 340 g/mol. The van der Waals surface area contributed by atoms with Gasteiger partial charge in [0.25, 0.3) is 0 Å². The molecule has 2 aromatic heterocycles. The molecule has 0 atom stereocenters. The summed E-state index contributed by atoms with van der Waals surface area (Å²) in [5, 5.41) is 13.3. The summed E-state index contributed by atoms with van der Waals surface area (Å²) in [6.45, 7) is 2.04. The molecule has 3 rings (SSSR count). The highest BCUT2D eigenvalue weighted by atomic mass is 35.5. The lowest BCUT2D eigenvalue weighted by atomic mass is 10.2. The minimum Gasteiger partial charge on any atom is -0.450 e. The molecular formula is C13H10ClN3O2S2. The second kappa shape index (κ2) is 5.97. The Kier molecular flexibility index (Phi) is 4.05. The maximum Gasteiger partial charge on any atom is 0.413 e. The number of benzene rings is 1. The predicted octanol–water partition coefficient (Wildman–Crippen LogP) is 4.64. The van der Waals surface area contributed by atoms with Gasteiger partial charge in [-0.1, -0.05) is 41.1 Å². The Balaban J connectivity index is 1.91. The van der Waals surface area contributed by atoms with E-state index in [1.807, 2.05) is 24.3 Å². The van der Waals surface area contributed by atoms with Crippen molar-refractivity contribution in [2.75, 3.05) is 11.9 Å². The number of ether oxygens (including phenoxy) is 1. The Morgan fingerprint density at radius 1 is 1.33 bits per heavy atom. The minimum atomic E-state index is -0.539. The average Bonchev–Trinajstić information content (AvgIpc) is 3.05. The van der Waals surface area contributed by atoms with E-state index in [1.54, 1.807) is 18.3 Å². The zero-order valence-electron chi connectivity index (χ0n) is 10.9. The summed E-state index contributed by atoms with van der Waals surface area (Å²) in [5.74, 6) is 0. The van der Waals surface area contributed by atoms with E-state index in [2.05, 4.69) is 15.5 Å². The molecule has 5 nitrogen and oxygen atoms in total. The van der Waals surface area contributed by atoms with E-state index in [4.69, 9.17) is 16.3 Å². The van der Waals surface area contributed by atoms with Crippen molar-refractivity contribution in [3.05, 3.63) is 29.3 Å². The number of hydrogen-bond acceptors (Lipinski definition) is 6. The molecule has 0 radical (unpaired) electrons. The first-order valence-electron chi connectivity index (χ1n) is 6.13. The quantitative estimate of drug-likeness (QED) is 0.754. The number of nitrogens with zero attached hydrogens (tertiary/aromatic N) is 2. The van der Waals surface area contributed by atoms with Crippen LogP contribution >= 0.6 is 34.3 Å². The van der Waals surface area contributed by atoms with E-state index in [0.717, 1.165) is 15.0 Å². The molecule has 0 spiro atoms. The van der Waals surface area contributed by atoms with Gasteiger partial charge in [0.15, 0.2) is 5.01 Å². The van der Waals surface area contributed by atoms with Crippen LogP contribution in [-0.4, -0.2) is 22.9 Å². The Hall–Kier alpha value is -1.70. The fourth-order valence-corrected chi connectivity index (χ4v) is 4.15. The van der Waals surface area contributed by atoms with Crippen LogP contribution in [0.25, 0.3) is 20.0 Å². The monoisotopic (exact) mass is 339 g/mol. The van der Waals surface area contributed by atoms with Crippen molar-refractivity contribution in [1.29, 1.82) is 0 Å². The van der Waals surface area contributed by atoms with E-state index in [-0.39, 0.29) is 0 Å². The van der Waals surface area contributed by atoms with Crippen LogP contribution in [0.1, 0.15) is 6.92 Å². The molecule has 8 heteroatoms. The van der Waals surface area contributed by atoms with Crippen molar-refractivity contribution in [3.8, 4) is 9.88 Å². The third kappa shape index (κ3) is 2.85. The van der Waals surface area contributed by atoms with Crippen molar-refractivity contribution < 1.29 is 9.53 Å². The normalized spacial score (nSPS) is 10.8. The molecule has 0 fully saturated rings. The number of thiophene rings is 1. The Labute approximate surface area is 133 Å². The fourth-order valence-electron chi connectivity index (χ4n) is 1.77. The van der Waals surface area contributed by atoms with Gasteiger partial charge in [-0.15, -0.1) is 21.5 Å². The minimum absolute atomic E-state index is 0.305. The Morgan fingerprint density at radius 3 is 2.90 bits per heavy atom. The summed E-state index contributed by atoms with van der Waals surface area (Å²) in [6, 6.07) is 7.88. The summed E-state index contributed by atoms with van der Waals surface area (Å²) in [7, 11) is 0. The summed E-state index contributed by atoms with van der Waals surface area (Å²) in [4.78, 5) is 12.2. The summed E-state index contributed by atoms with van der Waals surface area (Å²) >= 11 is 9.21. The van der Waals surface area contributed by atoms with Crippen LogP contribution in [-0.2, 0) is 4.74 Å². The van der Waals surface area contributed by atoms with Crippen LogP contribution in [0.4, 0.5) is 9.93 Å². The first kappa shape index (κ1) is 14.2. The third-order valence-corrected chi connectivity index (χ3v) is 5.31. The molecule has 1 amide bonds. The third-order valence-electron chi connectivity index (χ3n) is 2.64. The van der Waals surface area contributed by atoms with Gasteiger partial charge in [0.2, 0.25) is 5.13 Å². The lowest BCUT2D eigenvalue weighted by molar-refractivity contribution is 0.168. The molecule has 0 saturated heterocycles. The molecule has 2 heterocycles. The highest BCUT2D eigenvalue weighted by Crippen LogP contribution is 2.43. The number of anilines is 1. The number of nitrogens with one attached hydrogen (secondary N) is 1. The van der Waals surface area contributed by atoms with Crippen molar-refractivity contribution in [2.45, 2.75) is 6.92 Å². The van der Waals surface area contributed by atoms with Crippen LogP contribution in [0.5, 0.6) is 0 Å². The maximum absolute atomic E-state index is 11.3.